The van der Waals surface area contributed by atoms with Crippen LogP contribution in [-0.2, 0) is 4.74 Å². The predicted molar refractivity (Wildman–Crippen MR) is 71.0 cm³/mol. The standard InChI is InChI=1S/C13H17NO4S/c15-13(14-5-2-1-3-6-14)18-12-11(4-7-19-12)17-9-10-8-16-10/h4,7,10H,1-3,5-6,8-9H2. The summed E-state index contributed by atoms with van der Waals surface area (Å²) in [5.41, 5.74) is 0. The summed E-state index contributed by atoms with van der Waals surface area (Å²) >= 11 is 1.38. The summed E-state index contributed by atoms with van der Waals surface area (Å²) in [6.45, 7) is 2.85. The SMILES string of the molecule is O=C(Oc1sccc1OCC1CO1)N1CCCCC1. The van der Waals surface area contributed by atoms with Gasteiger partial charge in [-0.05, 0) is 30.7 Å². The Morgan fingerprint density at radius 1 is 1.42 bits per heavy atom. The fraction of sp³-hybridized carbons (Fsp3) is 0.615. The molecule has 6 heteroatoms. The van der Waals surface area contributed by atoms with Crippen molar-refractivity contribution in [2.45, 2.75) is 25.4 Å². The Labute approximate surface area is 116 Å². The maximum atomic E-state index is 12.0. The molecule has 1 aromatic heterocycles. The lowest BCUT2D eigenvalue weighted by molar-refractivity contribution is 0.142. The Morgan fingerprint density at radius 2 is 2.21 bits per heavy atom. The average molecular weight is 283 g/mol. The summed E-state index contributed by atoms with van der Waals surface area (Å²) in [5.74, 6) is 0.630. The molecule has 3 heterocycles. The highest BCUT2D eigenvalue weighted by Gasteiger charge is 2.25. The van der Waals surface area contributed by atoms with Gasteiger partial charge in [0.05, 0.1) is 6.61 Å². The van der Waals surface area contributed by atoms with E-state index in [4.69, 9.17) is 14.2 Å². The first-order chi connectivity index (χ1) is 9.33. The normalized spacial score (nSPS) is 22.1. The van der Waals surface area contributed by atoms with Crippen LogP contribution in [0.3, 0.4) is 0 Å². The molecule has 0 aromatic carbocycles. The van der Waals surface area contributed by atoms with Crippen LogP contribution in [0.25, 0.3) is 0 Å². The molecule has 3 rings (SSSR count). The van der Waals surface area contributed by atoms with E-state index in [2.05, 4.69) is 0 Å². The minimum absolute atomic E-state index is 0.200. The van der Waals surface area contributed by atoms with E-state index in [9.17, 15) is 4.79 Å². The molecule has 0 N–H and O–H groups in total. The molecule has 0 bridgehead atoms. The Morgan fingerprint density at radius 3 is 2.95 bits per heavy atom. The highest BCUT2D eigenvalue weighted by molar-refractivity contribution is 7.12. The molecule has 2 aliphatic heterocycles. The topological polar surface area (TPSA) is 51.3 Å². The maximum Gasteiger partial charge on any atom is 0.416 e. The lowest BCUT2D eigenvalue weighted by Crippen LogP contribution is -2.37. The van der Waals surface area contributed by atoms with Crippen LogP contribution in [0.15, 0.2) is 11.4 Å². The van der Waals surface area contributed by atoms with Crippen molar-refractivity contribution in [3.8, 4) is 10.8 Å². The van der Waals surface area contributed by atoms with Crippen LogP contribution in [0.1, 0.15) is 19.3 Å². The van der Waals surface area contributed by atoms with Gasteiger partial charge >= 0.3 is 6.09 Å². The van der Waals surface area contributed by atoms with E-state index < -0.39 is 0 Å². The third-order valence-corrected chi connectivity index (χ3v) is 3.99. The number of piperidine rings is 1. The van der Waals surface area contributed by atoms with Crippen molar-refractivity contribution in [3.05, 3.63) is 11.4 Å². The molecular formula is C13H17NO4S. The minimum atomic E-state index is -0.269. The van der Waals surface area contributed by atoms with Crippen molar-refractivity contribution in [2.75, 3.05) is 26.3 Å². The number of likely N-dealkylation sites (tertiary alicyclic amines) is 1. The van der Waals surface area contributed by atoms with Gasteiger partial charge in [-0.1, -0.05) is 0 Å². The lowest BCUT2D eigenvalue weighted by Gasteiger charge is -2.25. The molecule has 0 saturated carbocycles. The van der Waals surface area contributed by atoms with Gasteiger partial charge in [-0.25, -0.2) is 4.79 Å². The molecule has 2 saturated heterocycles. The van der Waals surface area contributed by atoms with E-state index in [1.807, 2.05) is 11.4 Å². The predicted octanol–water partition coefficient (Wildman–Crippen LogP) is 2.51. The van der Waals surface area contributed by atoms with Gasteiger partial charge in [-0.3, -0.25) is 0 Å². The molecule has 2 aliphatic rings. The van der Waals surface area contributed by atoms with Crippen LogP contribution in [0.5, 0.6) is 10.8 Å². The van der Waals surface area contributed by atoms with E-state index >= 15 is 0 Å². The molecule has 1 unspecified atom stereocenters. The number of rotatable bonds is 4. The molecule has 2 fully saturated rings. The van der Waals surface area contributed by atoms with Crippen molar-refractivity contribution in [3.63, 3.8) is 0 Å². The van der Waals surface area contributed by atoms with Crippen molar-refractivity contribution in [2.24, 2.45) is 0 Å². The lowest BCUT2D eigenvalue weighted by atomic mass is 10.1. The number of epoxide rings is 1. The molecule has 5 nitrogen and oxygen atoms in total. The first kappa shape index (κ1) is 12.7. The van der Waals surface area contributed by atoms with Gasteiger partial charge in [0.1, 0.15) is 12.7 Å². The first-order valence-electron chi connectivity index (χ1n) is 6.61. The number of hydrogen-bond donors (Lipinski definition) is 0. The van der Waals surface area contributed by atoms with Crippen LogP contribution >= 0.6 is 11.3 Å². The number of nitrogens with zero attached hydrogens (tertiary/aromatic N) is 1. The molecule has 19 heavy (non-hydrogen) atoms. The van der Waals surface area contributed by atoms with Crippen molar-refractivity contribution in [1.82, 2.24) is 4.90 Å². The number of amides is 1. The summed E-state index contributed by atoms with van der Waals surface area (Å²) in [6.07, 6.45) is 3.24. The Hall–Kier alpha value is -1.27. The summed E-state index contributed by atoms with van der Waals surface area (Å²) < 4.78 is 16.1. The van der Waals surface area contributed by atoms with Gasteiger partial charge in [-0.2, -0.15) is 0 Å². The van der Waals surface area contributed by atoms with Gasteiger partial charge in [0.25, 0.3) is 0 Å². The van der Waals surface area contributed by atoms with Crippen molar-refractivity contribution < 1.29 is 19.0 Å². The van der Waals surface area contributed by atoms with E-state index in [0.717, 1.165) is 32.5 Å². The van der Waals surface area contributed by atoms with Crippen LogP contribution in [0.4, 0.5) is 4.79 Å². The van der Waals surface area contributed by atoms with E-state index in [1.54, 1.807) is 4.90 Å². The highest BCUT2D eigenvalue weighted by Crippen LogP contribution is 2.34. The molecule has 104 valence electrons. The number of thiophene rings is 1. The van der Waals surface area contributed by atoms with E-state index in [-0.39, 0.29) is 12.2 Å². The zero-order chi connectivity index (χ0) is 13.1. The van der Waals surface area contributed by atoms with Crippen LogP contribution in [0.2, 0.25) is 0 Å². The number of hydrogen-bond acceptors (Lipinski definition) is 5. The average Bonchev–Trinajstić information content (AvgIpc) is 3.18. The number of ether oxygens (including phenoxy) is 3. The fourth-order valence-electron chi connectivity index (χ4n) is 2.03. The zero-order valence-electron chi connectivity index (χ0n) is 10.7. The Kier molecular flexibility index (Phi) is 3.89. The van der Waals surface area contributed by atoms with Crippen LogP contribution in [0, 0.1) is 0 Å². The van der Waals surface area contributed by atoms with Crippen molar-refractivity contribution >= 4 is 17.4 Å². The molecule has 1 atom stereocenters. The van der Waals surface area contributed by atoms with Gasteiger partial charge in [0.15, 0.2) is 5.75 Å². The molecule has 0 aliphatic carbocycles. The van der Waals surface area contributed by atoms with Gasteiger partial charge in [0, 0.05) is 13.1 Å². The smallest absolute Gasteiger partial charge is 0.416 e. The zero-order valence-corrected chi connectivity index (χ0v) is 11.5. The van der Waals surface area contributed by atoms with Gasteiger partial charge in [-0.15, -0.1) is 11.3 Å². The molecule has 1 aromatic rings. The third-order valence-electron chi connectivity index (χ3n) is 3.22. The summed E-state index contributed by atoms with van der Waals surface area (Å²) in [6, 6.07) is 1.83. The maximum absolute atomic E-state index is 12.0. The monoisotopic (exact) mass is 283 g/mol. The van der Waals surface area contributed by atoms with Crippen LogP contribution in [-0.4, -0.2) is 43.4 Å². The van der Waals surface area contributed by atoms with Crippen LogP contribution < -0.4 is 9.47 Å². The quantitative estimate of drug-likeness (QED) is 0.797. The van der Waals surface area contributed by atoms with Gasteiger partial charge in [0.2, 0.25) is 5.06 Å². The Bertz CT molecular complexity index is 438. The molecule has 0 radical (unpaired) electrons. The summed E-state index contributed by atoms with van der Waals surface area (Å²) in [4.78, 5) is 13.8. The second kappa shape index (κ2) is 5.79. The largest absolute Gasteiger partial charge is 0.486 e. The van der Waals surface area contributed by atoms with E-state index in [1.165, 1.54) is 17.8 Å². The third kappa shape index (κ3) is 3.39. The number of carbonyl (C=O) groups excluding carboxylic acids is 1. The van der Waals surface area contributed by atoms with Crippen molar-refractivity contribution in [1.29, 1.82) is 0 Å². The Balaban J connectivity index is 1.55. The fourth-order valence-corrected chi connectivity index (χ4v) is 2.71. The molecule has 1 amide bonds. The summed E-state index contributed by atoms with van der Waals surface area (Å²) in [5, 5.41) is 2.40. The van der Waals surface area contributed by atoms with Gasteiger partial charge < -0.3 is 19.1 Å². The second-order valence-corrected chi connectivity index (χ2v) is 5.63. The number of carbonyl (C=O) groups is 1. The first-order valence-corrected chi connectivity index (χ1v) is 7.49. The summed E-state index contributed by atoms with van der Waals surface area (Å²) in [7, 11) is 0. The second-order valence-electron chi connectivity index (χ2n) is 4.75. The molecular weight excluding hydrogens is 266 g/mol. The van der Waals surface area contributed by atoms with E-state index in [0.29, 0.717) is 17.4 Å². The molecule has 0 spiro atoms. The minimum Gasteiger partial charge on any atom is -0.486 e. The highest BCUT2D eigenvalue weighted by atomic mass is 32.1.